The van der Waals surface area contributed by atoms with Gasteiger partial charge in [0.15, 0.2) is 17.8 Å². The third-order valence-corrected chi connectivity index (χ3v) is 15.2. The van der Waals surface area contributed by atoms with Gasteiger partial charge in [0, 0.05) is 25.6 Å². The zero-order valence-corrected chi connectivity index (χ0v) is 31.9. The van der Waals surface area contributed by atoms with Crippen LogP contribution in [0.2, 0.25) is 5.04 Å². The number of hydrogen-bond acceptors (Lipinski definition) is 7. The lowest BCUT2D eigenvalue weighted by atomic mass is 9.67. The summed E-state index contributed by atoms with van der Waals surface area (Å²) < 4.78 is 38.6. The smallest absolute Gasteiger partial charge is 0.410 e. The van der Waals surface area contributed by atoms with Crippen LogP contribution in [-0.2, 0) is 30.5 Å². The van der Waals surface area contributed by atoms with E-state index in [4.69, 9.17) is 28.1 Å². The van der Waals surface area contributed by atoms with Crippen LogP contribution in [-0.4, -0.2) is 77.3 Å². The Kier molecular flexibility index (Phi) is 10.3. The van der Waals surface area contributed by atoms with Crippen molar-refractivity contribution in [1.29, 1.82) is 0 Å². The Bertz CT molecular complexity index is 1620. The van der Waals surface area contributed by atoms with E-state index in [1.165, 1.54) is 10.4 Å². The van der Waals surface area contributed by atoms with Crippen LogP contribution in [0.3, 0.4) is 0 Å². The minimum Gasteiger partial charge on any atom is -0.493 e. The van der Waals surface area contributed by atoms with Gasteiger partial charge in [0.1, 0.15) is 11.7 Å². The number of methoxy groups -OCH3 is 1. The quantitative estimate of drug-likeness (QED) is 0.171. The van der Waals surface area contributed by atoms with Gasteiger partial charge in [-0.05, 0) is 60.7 Å². The van der Waals surface area contributed by atoms with Crippen molar-refractivity contribution in [2.24, 2.45) is 0 Å². The predicted octanol–water partition coefficient (Wildman–Crippen LogP) is 6.77. The molecular weight excluding hydrogens is 647 g/mol. The highest BCUT2D eigenvalue weighted by molar-refractivity contribution is 6.99. The Balaban J connectivity index is 1.48. The van der Waals surface area contributed by atoms with Crippen LogP contribution in [0.1, 0.15) is 65.5 Å². The highest BCUT2D eigenvalue weighted by Crippen LogP contribution is 2.56. The molecule has 0 aromatic heterocycles. The number of rotatable bonds is 10. The lowest BCUT2D eigenvalue weighted by Crippen LogP contribution is -2.69. The molecule has 0 radical (unpaired) electrons. The van der Waals surface area contributed by atoms with Crippen LogP contribution in [0.4, 0.5) is 4.79 Å². The van der Waals surface area contributed by atoms with Gasteiger partial charge in [-0.3, -0.25) is 0 Å². The molecule has 50 heavy (non-hydrogen) atoms. The van der Waals surface area contributed by atoms with Crippen molar-refractivity contribution >= 4 is 24.8 Å². The van der Waals surface area contributed by atoms with E-state index in [1.807, 2.05) is 26.8 Å². The zero-order valence-electron chi connectivity index (χ0n) is 30.9. The van der Waals surface area contributed by atoms with Gasteiger partial charge in [0.05, 0.1) is 31.8 Å². The Morgan fingerprint density at radius 1 is 0.920 bits per heavy atom. The molecule has 1 fully saturated rings. The minimum absolute atomic E-state index is 0.220. The molecule has 3 aromatic rings. The summed E-state index contributed by atoms with van der Waals surface area (Å²) in [4.78, 5) is 14.9. The SMILES string of the molecule is COc1ccc(CC2OCCO2)c2c1O[C@@H]1[C@@H](O[Si](c3ccccc3)(c3ccccc3)C(C)(C)C)CC=C[C@]21CCN(C)C(=O)OC(C)(C)C. The molecule has 9 heteroatoms. The first kappa shape index (κ1) is 36.2. The van der Waals surface area contributed by atoms with Crippen LogP contribution >= 0.6 is 0 Å². The minimum atomic E-state index is -2.96. The molecular formula is C41H53NO7Si. The van der Waals surface area contributed by atoms with E-state index in [1.54, 1.807) is 19.1 Å². The molecule has 2 heterocycles. The average Bonchev–Trinajstić information content (AvgIpc) is 3.72. The summed E-state index contributed by atoms with van der Waals surface area (Å²) >= 11 is 0. The van der Waals surface area contributed by atoms with Crippen molar-refractivity contribution in [1.82, 2.24) is 4.90 Å². The van der Waals surface area contributed by atoms with Crippen molar-refractivity contribution in [3.63, 3.8) is 0 Å². The molecule has 3 aromatic carbocycles. The molecule has 0 saturated carbocycles. The summed E-state index contributed by atoms with van der Waals surface area (Å²) in [6.07, 6.45) is 4.98. The van der Waals surface area contributed by atoms with Crippen molar-refractivity contribution in [3.8, 4) is 11.5 Å². The van der Waals surface area contributed by atoms with Gasteiger partial charge >= 0.3 is 6.09 Å². The predicted molar refractivity (Wildman–Crippen MR) is 198 cm³/mol. The number of fused-ring (bicyclic) bond motifs is 3. The molecule has 1 saturated heterocycles. The van der Waals surface area contributed by atoms with Crippen LogP contribution in [0, 0.1) is 0 Å². The van der Waals surface area contributed by atoms with E-state index >= 15 is 0 Å². The second-order valence-electron chi connectivity index (χ2n) is 15.7. The summed E-state index contributed by atoms with van der Waals surface area (Å²) in [6, 6.07) is 25.5. The van der Waals surface area contributed by atoms with Crippen molar-refractivity contribution in [2.45, 2.75) is 95.4 Å². The Morgan fingerprint density at radius 2 is 1.54 bits per heavy atom. The van der Waals surface area contributed by atoms with E-state index < -0.39 is 25.4 Å². The zero-order chi connectivity index (χ0) is 35.7. The van der Waals surface area contributed by atoms with Crippen LogP contribution in [0.25, 0.3) is 0 Å². The number of benzene rings is 3. The Hall–Kier alpha value is -3.63. The molecule has 6 rings (SSSR count). The molecule has 1 aliphatic carbocycles. The number of ether oxygens (including phenoxy) is 5. The largest absolute Gasteiger partial charge is 0.493 e. The average molecular weight is 700 g/mol. The number of carbonyl (C=O) groups is 1. The summed E-state index contributed by atoms with van der Waals surface area (Å²) in [5.74, 6) is 1.39. The van der Waals surface area contributed by atoms with Gasteiger partial charge in [-0.25, -0.2) is 4.79 Å². The van der Waals surface area contributed by atoms with Gasteiger partial charge in [-0.1, -0.05) is 99.7 Å². The van der Waals surface area contributed by atoms with E-state index in [9.17, 15) is 4.79 Å². The maximum atomic E-state index is 13.2. The van der Waals surface area contributed by atoms with E-state index in [-0.39, 0.29) is 23.5 Å². The molecule has 0 bridgehead atoms. The topological polar surface area (TPSA) is 75.7 Å². The van der Waals surface area contributed by atoms with Gasteiger partial charge in [0.25, 0.3) is 8.32 Å². The fraction of sp³-hybridized carbons (Fsp3) is 0.488. The third-order valence-electron chi connectivity index (χ3n) is 10.2. The molecule has 8 nitrogen and oxygen atoms in total. The fourth-order valence-corrected chi connectivity index (χ4v) is 12.6. The molecule has 2 aliphatic heterocycles. The monoisotopic (exact) mass is 699 g/mol. The Labute approximate surface area is 298 Å². The van der Waals surface area contributed by atoms with Crippen LogP contribution < -0.4 is 19.8 Å². The molecule has 3 atom stereocenters. The highest BCUT2D eigenvalue weighted by Gasteiger charge is 2.59. The van der Waals surface area contributed by atoms with Crippen molar-refractivity contribution < 1.29 is 32.9 Å². The van der Waals surface area contributed by atoms with Crippen molar-refractivity contribution in [3.05, 3.63) is 96.1 Å². The lowest BCUT2D eigenvalue weighted by molar-refractivity contribution is -0.0403. The number of carbonyl (C=O) groups excluding carboxylic acids is 1. The molecule has 1 amide bonds. The second kappa shape index (κ2) is 14.2. The summed E-state index contributed by atoms with van der Waals surface area (Å²) in [6.45, 7) is 14.1. The van der Waals surface area contributed by atoms with Gasteiger partial charge in [-0.15, -0.1) is 0 Å². The van der Waals surface area contributed by atoms with E-state index in [2.05, 4.69) is 99.7 Å². The fourth-order valence-electron chi connectivity index (χ4n) is 7.93. The summed E-state index contributed by atoms with van der Waals surface area (Å²) in [7, 11) is 0.520. The first-order valence-corrected chi connectivity index (χ1v) is 19.7. The molecule has 0 unspecified atom stereocenters. The first-order valence-electron chi connectivity index (χ1n) is 17.8. The first-order chi connectivity index (χ1) is 23.8. The molecule has 268 valence electrons. The van der Waals surface area contributed by atoms with Gasteiger partial charge in [-0.2, -0.15) is 0 Å². The van der Waals surface area contributed by atoms with Crippen LogP contribution in [0.5, 0.6) is 11.5 Å². The normalized spacial score (nSPS) is 22.1. The van der Waals surface area contributed by atoms with Gasteiger partial charge < -0.3 is 33.0 Å². The maximum absolute atomic E-state index is 13.2. The molecule has 0 N–H and O–H groups in total. The molecule has 3 aliphatic rings. The van der Waals surface area contributed by atoms with Crippen molar-refractivity contribution in [2.75, 3.05) is 33.9 Å². The standard InChI is InChI=1S/C41H53NO7Si/c1-39(2,3)48-38(43)42(7)25-24-41-23-15-20-33(37(41)47-36-32(44-8)22-21-29(35(36)41)28-34-45-26-27-46-34)49-50(40(4,5)6,30-16-11-9-12-17-30)31-18-13-10-14-19-31/h9-19,21-23,33-34,37H,20,24-28H2,1-8H3/t33-,37+,41-/m0/s1. The number of hydrogen-bond donors (Lipinski definition) is 0. The Morgan fingerprint density at radius 3 is 2.10 bits per heavy atom. The lowest BCUT2D eigenvalue weighted by Gasteiger charge is -2.48. The highest BCUT2D eigenvalue weighted by atomic mass is 28.4. The maximum Gasteiger partial charge on any atom is 0.410 e. The number of nitrogens with zero attached hydrogens (tertiary/aromatic N) is 1. The van der Waals surface area contributed by atoms with E-state index in [0.717, 1.165) is 16.9 Å². The summed E-state index contributed by atoms with van der Waals surface area (Å²) in [5, 5.41) is 2.21. The number of amides is 1. The van der Waals surface area contributed by atoms with E-state index in [0.29, 0.717) is 44.8 Å². The summed E-state index contributed by atoms with van der Waals surface area (Å²) in [5.41, 5.74) is 0.884. The van der Waals surface area contributed by atoms with Gasteiger partial charge in [0.2, 0.25) is 0 Å². The van der Waals surface area contributed by atoms with Crippen LogP contribution in [0.15, 0.2) is 84.9 Å². The second-order valence-corrected chi connectivity index (χ2v) is 19.9. The molecule has 0 spiro atoms. The third kappa shape index (κ3) is 6.85.